The molecule has 0 amide bonds. The van der Waals surface area contributed by atoms with Crippen LogP contribution in [0.3, 0.4) is 0 Å². The quantitative estimate of drug-likeness (QED) is 0.443. The van der Waals surface area contributed by atoms with Crippen LogP contribution in [0.5, 0.6) is 5.75 Å². The largest absolute Gasteiger partial charge is 0.496 e. The summed E-state index contributed by atoms with van der Waals surface area (Å²) >= 11 is 0. The number of methoxy groups -OCH3 is 1. The standard InChI is InChI=1S/C28H31F2N3O3/c1-3-36-28(34)18-4-7-20(8-5-18)33-12-10-17(11-13-33)24-15-22-26(23(30)16-31-27(22)32-24)21-14-19(29)6-9-25(21)35-2/h6,9-10,14-16,18,20H,3-5,7-8,11-13H2,1-2H3,(H,31,32)/t18-,20+. The Morgan fingerprint density at radius 3 is 2.69 bits per heavy atom. The number of hydrogen-bond acceptors (Lipinski definition) is 5. The number of rotatable bonds is 6. The van der Waals surface area contributed by atoms with Crippen molar-refractivity contribution in [2.24, 2.45) is 5.92 Å². The van der Waals surface area contributed by atoms with E-state index in [0.29, 0.717) is 35.0 Å². The molecule has 190 valence electrons. The zero-order valence-corrected chi connectivity index (χ0v) is 20.7. The molecule has 1 fully saturated rings. The van der Waals surface area contributed by atoms with Crippen LogP contribution in [-0.2, 0) is 9.53 Å². The van der Waals surface area contributed by atoms with Gasteiger partial charge in [-0.05, 0) is 68.9 Å². The maximum Gasteiger partial charge on any atom is 0.308 e. The van der Waals surface area contributed by atoms with Crippen LogP contribution in [0.2, 0.25) is 0 Å². The first-order valence-corrected chi connectivity index (χ1v) is 12.6. The van der Waals surface area contributed by atoms with E-state index in [1.807, 2.05) is 13.0 Å². The number of carbonyl (C=O) groups is 1. The number of carbonyl (C=O) groups excluding carboxylic acids is 1. The fraction of sp³-hybridized carbons (Fsp3) is 0.429. The van der Waals surface area contributed by atoms with Gasteiger partial charge in [0, 0.05) is 41.3 Å². The summed E-state index contributed by atoms with van der Waals surface area (Å²) in [6.45, 7) is 4.03. The van der Waals surface area contributed by atoms with E-state index in [0.717, 1.165) is 62.7 Å². The minimum atomic E-state index is -0.529. The van der Waals surface area contributed by atoms with Crippen LogP contribution in [0.4, 0.5) is 8.78 Å². The van der Waals surface area contributed by atoms with Crippen LogP contribution >= 0.6 is 0 Å². The van der Waals surface area contributed by atoms with Crippen LogP contribution < -0.4 is 4.74 Å². The molecule has 8 heteroatoms. The van der Waals surface area contributed by atoms with E-state index in [1.54, 1.807) is 0 Å². The zero-order chi connectivity index (χ0) is 25.2. The molecular weight excluding hydrogens is 464 g/mol. The summed E-state index contributed by atoms with van der Waals surface area (Å²) in [6.07, 6.45) is 7.98. The molecule has 1 saturated carbocycles. The average Bonchev–Trinajstić information content (AvgIpc) is 3.33. The van der Waals surface area contributed by atoms with Gasteiger partial charge in [0.05, 0.1) is 25.8 Å². The highest BCUT2D eigenvalue weighted by molar-refractivity contribution is 5.97. The number of ether oxygens (including phenoxy) is 2. The maximum absolute atomic E-state index is 15.0. The molecule has 0 saturated heterocycles. The lowest BCUT2D eigenvalue weighted by atomic mass is 9.84. The normalized spacial score (nSPS) is 20.8. The van der Waals surface area contributed by atoms with Gasteiger partial charge in [-0.3, -0.25) is 9.69 Å². The van der Waals surface area contributed by atoms with Crippen LogP contribution in [0.1, 0.15) is 44.7 Å². The van der Waals surface area contributed by atoms with Crippen molar-refractivity contribution in [3.8, 4) is 16.9 Å². The molecule has 2 aliphatic rings. The summed E-state index contributed by atoms with van der Waals surface area (Å²) < 4.78 is 39.6. The predicted molar refractivity (Wildman–Crippen MR) is 135 cm³/mol. The summed E-state index contributed by atoms with van der Waals surface area (Å²) in [4.78, 5) is 22.1. The Hall–Kier alpha value is -3.26. The molecule has 0 atom stereocenters. The molecule has 1 N–H and O–H groups in total. The molecule has 2 aromatic heterocycles. The SMILES string of the molecule is CCOC(=O)[C@H]1CC[C@@H](N2CC=C(c3cc4c(-c5cc(F)ccc5OC)c(F)cnc4[nH]3)CC2)CC1. The third kappa shape index (κ3) is 4.74. The molecule has 6 nitrogen and oxygen atoms in total. The molecule has 3 aromatic rings. The number of halogens is 2. The third-order valence-corrected chi connectivity index (χ3v) is 7.46. The van der Waals surface area contributed by atoms with E-state index < -0.39 is 11.6 Å². The van der Waals surface area contributed by atoms with Crippen molar-refractivity contribution >= 4 is 22.6 Å². The van der Waals surface area contributed by atoms with Crippen molar-refractivity contribution in [1.29, 1.82) is 0 Å². The van der Waals surface area contributed by atoms with Gasteiger partial charge in [0.2, 0.25) is 0 Å². The van der Waals surface area contributed by atoms with Gasteiger partial charge >= 0.3 is 5.97 Å². The number of aromatic amines is 1. The lowest BCUT2D eigenvalue weighted by molar-refractivity contribution is -0.149. The first-order valence-electron chi connectivity index (χ1n) is 12.6. The van der Waals surface area contributed by atoms with Gasteiger partial charge in [0.15, 0.2) is 0 Å². The van der Waals surface area contributed by atoms with Gasteiger partial charge in [0.25, 0.3) is 0 Å². The molecule has 1 aliphatic heterocycles. The van der Waals surface area contributed by atoms with Gasteiger partial charge in [-0.1, -0.05) is 6.08 Å². The topological polar surface area (TPSA) is 67.4 Å². The average molecular weight is 496 g/mol. The molecule has 5 rings (SSSR count). The highest BCUT2D eigenvalue weighted by atomic mass is 19.1. The first kappa shape index (κ1) is 24.4. The van der Waals surface area contributed by atoms with Gasteiger partial charge in [-0.2, -0.15) is 0 Å². The highest BCUT2D eigenvalue weighted by Gasteiger charge is 2.31. The Balaban J connectivity index is 1.35. The summed E-state index contributed by atoms with van der Waals surface area (Å²) in [7, 11) is 1.48. The molecule has 1 aromatic carbocycles. The number of hydrogen-bond donors (Lipinski definition) is 1. The molecule has 0 unspecified atom stereocenters. The Morgan fingerprint density at radius 1 is 1.19 bits per heavy atom. The van der Waals surface area contributed by atoms with Crippen molar-refractivity contribution in [2.75, 3.05) is 26.8 Å². The molecule has 36 heavy (non-hydrogen) atoms. The van der Waals surface area contributed by atoms with Crippen molar-refractivity contribution in [2.45, 2.75) is 45.1 Å². The number of nitrogens with one attached hydrogen (secondary N) is 1. The van der Waals surface area contributed by atoms with Gasteiger partial charge in [-0.15, -0.1) is 0 Å². The van der Waals surface area contributed by atoms with E-state index >= 15 is 0 Å². The number of aromatic nitrogens is 2. The van der Waals surface area contributed by atoms with E-state index in [-0.39, 0.29) is 17.5 Å². The fourth-order valence-electron chi connectivity index (χ4n) is 5.57. The van der Waals surface area contributed by atoms with Gasteiger partial charge < -0.3 is 14.5 Å². The van der Waals surface area contributed by atoms with Crippen molar-refractivity contribution in [1.82, 2.24) is 14.9 Å². The van der Waals surface area contributed by atoms with Gasteiger partial charge in [-0.25, -0.2) is 13.8 Å². The Morgan fingerprint density at radius 2 is 2.00 bits per heavy atom. The maximum atomic E-state index is 15.0. The highest BCUT2D eigenvalue weighted by Crippen LogP contribution is 2.38. The number of H-pyrrole nitrogens is 1. The second kappa shape index (κ2) is 10.4. The summed E-state index contributed by atoms with van der Waals surface area (Å²) in [5.74, 6) is -0.620. The molecule has 1 aliphatic carbocycles. The summed E-state index contributed by atoms with van der Waals surface area (Å²) in [5.41, 5.74) is 3.23. The van der Waals surface area contributed by atoms with Crippen molar-refractivity contribution < 1.29 is 23.0 Å². The van der Waals surface area contributed by atoms with Crippen LogP contribution in [0.25, 0.3) is 27.7 Å². The van der Waals surface area contributed by atoms with E-state index in [2.05, 4.69) is 20.9 Å². The van der Waals surface area contributed by atoms with E-state index in [9.17, 15) is 13.6 Å². The molecule has 0 spiro atoms. The summed E-state index contributed by atoms with van der Waals surface area (Å²) in [6, 6.07) is 6.46. The zero-order valence-electron chi connectivity index (χ0n) is 20.7. The fourth-order valence-corrected chi connectivity index (χ4v) is 5.57. The van der Waals surface area contributed by atoms with Crippen molar-refractivity contribution in [3.05, 3.63) is 53.9 Å². The van der Waals surface area contributed by atoms with E-state index in [1.165, 1.54) is 25.3 Å². The lowest BCUT2D eigenvalue weighted by Crippen LogP contribution is -2.41. The van der Waals surface area contributed by atoms with Crippen LogP contribution in [-0.4, -0.2) is 53.7 Å². The Labute approximate surface area is 209 Å². The van der Waals surface area contributed by atoms with Crippen LogP contribution in [0.15, 0.2) is 36.5 Å². The smallest absolute Gasteiger partial charge is 0.308 e. The minimum Gasteiger partial charge on any atom is -0.496 e. The lowest BCUT2D eigenvalue weighted by Gasteiger charge is -2.37. The number of nitrogens with zero attached hydrogens (tertiary/aromatic N) is 2. The second-order valence-electron chi connectivity index (χ2n) is 9.50. The monoisotopic (exact) mass is 495 g/mol. The van der Waals surface area contributed by atoms with E-state index in [4.69, 9.17) is 9.47 Å². The van der Waals surface area contributed by atoms with Crippen molar-refractivity contribution in [3.63, 3.8) is 0 Å². The summed E-state index contributed by atoms with van der Waals surface area (Å²) in [5, 5.41) is 0.592. The molecular formula is C28H31F2N3O3. The Kier molecular flexibility index (Phi) is 7.05. The third-order valence-electron chi connectivity index (χ3n) is 7.46. The predicted octanol–water partition coefficient (Wildman–Crippen LogP) is 5.73. The number of pyridine rings is 1. The van der Waals surface area contributed by atoms with Crippen LogP contribution in [0, 0.1) is 17.6 Å². The number of benzene rings is 1. The molecule has 0 radical (unpaired) electrons. The molecule has 3 heterocycles. The first-order chi connectivity index (χ1) is 17.5. The number of fused-ring (bicyclic) bond motifs is 1. The Bertz CT molecular complexity index is 1290. The van der Waals surface area contributed by atoms with Gasteiger partial charge in [0.1, 0.15) is 23.0 Å². The minimum absolute atomic E-state index is 0.0299. The number of esters is 1. The second-order valence-corrected chi connectivity index (χ2v) is 9.50. The molecule has 0 bridgehead atoms.